The van der Waals surface area contributed by atoms with Crippen molar-refractivity contribution >= 4 is 0 Å². The normalized spacial score (nSPS) is 36.1. The number of aromatic nitrogens is 1. The van der Waals surface area contributed by atoms with E-state index in [1.165, 1.54) is 5.56 Å². The fraction of sp³-hybridized carbons (Fsp3) is 0.667. The molecule has 2 aliphatic carbocycles. The van der Waals surface area contributed by atoms with Crippen molar-refractivity contribution in [3.05, 3.63) is 29.6 Å². The lowest BCUT2D eigenvalue weighted by molar-refractivity contribution is 0.0557. The predicted octanol–water partition coefficient (Wildman–Crippen LogP) is 3.11. The molecule has 0 aliphatic heterocycles. The van der Waals surface area contributed by atoms with Gasteiger partial charge in [-0.05, 0) is 56.6 Å². The summed E-state index contributed by atoms with van der Waals surface area (Å²) in [6.45, 7) is 0. The Morgan fingerprint density at radius 1 is 1.33 bits per heavy atom. The minimum absolute atomic E-state index is 0.0258. The molecule has 1 aromatic rings. The summed E-state index contributed by atoms with van der Waals surface area (Å²) >= 11 is 0. The van der Waals surface area contributed by atoms with Gasteiger partial charge < -0.3 is 5.73 Å². The van der Waals surface area contributed by atoms with Gasteiger partial charge in [-0.25, -0.2) is 4.39 Å². The summed E-state index contributed by atoms with van der Waals surface area (Å²) in [7, 11) is 0. The second-order valence-electron chi connectivity index (χ2n) is 5.88. The van der Waals surface area contributed by atoms with E-state index in [1.54, 1.807) is 6.20 Å². The van der Waals surface area contributed by atoms with Gasteiger partial charge in [-0.1, -0.05) is 6.07 Å². The number of halogens is 1. The smallest absolute Gasteiger partial charge is 0.120 e. The first-order chi connectivity index (χ1) is 8.69. The molecule has 1 fully saturated rings. The van der Waals surface area contributed by atoms with Gasteiger partial charge in [0.15, 0.2) is 0 Å². The van der Waals surface area contributed by atoms with E-state index in [1.807, 2.05) is 6.07 Å². The van der Waals surface area contributed by atoms with E-state index < -0.39 is 5.67 Å². The molecule has 3 heteroatoms. The minimum Gasteiger partial charge on any atom is -0.328 e. The van der Waals surface area contributed by atoms with Crippen LogP contribution in [0.5, 0.6) is 0 Å². The van der Waals surface area contributed by atoms with Gasteiger partial charge in [-0.15, -0.1) is 0 Å². The molecule has 1 heterocycles. The van der Waals surface area contributed by atoms with Crippen LogP contribution in [0.1, 0.15) is 55.7 Å². The Kier molecular flexibility index (Phi) is 3.10. The Hall–Kier alpha value is -0.960. The van der Waals surface area contributed by atoms with E-state index in [-0.39, 0.29) is 12.0 Å². The van der Waals surface area contributed by atoms with Gasteiger partial charge in [0.2, 0.25) is 0 Å². The lowest BCUT2D eigenvalue weighted by Gasteiger charge is -2.41. The standard InChI is InChI=1S/C15H21FN2/c16-15(8-2-6-12(17)10-15)13-7-1-4-11-5-3-9-18-14(11)13/h3,5,9,12-13H,1-2,4,6-8,10,17H2. The van der Waals surface area contributed by atoms with Crippen LogP contribution < -0.4 is 5.73 Å². The molecule has 0 radical (unpaired) electrons. The summed E-state index contributed by atoms with van der Waals surface area (Å²) in [6, 6.07) is 4.08. The van der Waals surface area contributed by atoms with Crippen molar-refractivity contribution in [3.63, 3.8) is 0 Å². The summed E-state index contributed by atoms with van der Waals surface area (Å²) in [6.07, 6.45) is 7.88. The quantitative estimate of drug-likeness (QED) is 0.829. The summed E-state index contributed by atoms with van der Waals surface area (Å²) in [5.74, 6) is -0.0335. The molecular formula is C15H21FN2. The van der Waals surface area contributed by atoms with Crippen molar-refractivity contribution in [1.29, 1.82) is 0 Å². The number of aryl methyl sites for hydroxylation is 1. The zero-order valence-corrected chi connectivity index (χ0v) is 10.7. The Morgan fingerprint density at radius 3 is 3.06 bits per heavy atom. The molecule has 2 aliphatic rings. The van der Waals surface area contributed by atoms with Crippen LogP contribution in [0.3, 0.4) is 0 Å². The summed E-state index contributed by atoms with van der Waals surface area (Å²) in [5, 5.41) is 0. The number of fused-ring (bicyclic) bond motifs is 1. The van der Waals surface area contributed by atoms with Crippen molar-refractivity contribution in [2.75, 3.05) is 0 Å². The second kappa shape index (κ2) is 4.61. The van der Waals surface area contributed by atoms with Crippen LogP contribution in [0, 0.1) is 0 Å². The summed E-state index contributed by atoms with van der Waals surface area (Å²) in [4.78, 5) is 4.47. The lowest BCUT2D eigenvalue weighted by Crippen LogP contribution is -2.43. The molecule has 3 rings (SSSR count). The summed E-state index contributed by atoms with van der Waals surface area (Å²) < 4.78 is 15.3. The van der Waals surface area contributed by atoms with E-state index in [0.29, 0.717) is 12.8 Å². The molecule has 3 atom stereocenters. The second-order valence-corrected chi connectivity index (χ2v) is 5.88. The first-order valence-electron chi connectivity index (χ1n) is 7.07. The van der Waals surface area contributed by atoms with E-state index in [0.717, 1.165) is 37.8 Å². The van der Waals surface area contributed by atoms with Crippen LogP contribution in [0.25, 0.3) is 0 Å². The van der Waals surface area contributed by atoms with Crippen LogP contribution in [-0.4, -0.2) is 16.7 Å². The molecule has 0 aromatic carbocycles. The number of rotatable bonds is 1. The minimum atomic E-state index is -1.12. The maximum Gasteiger partial charge on any atom is 0.120 e. The topological polar surface area (TPSA) is 38.9 Å². The van der Waals surface area contributed by atoms with Crippen LogP contribution >= 0.6 is 0 Å². The van der Waals surface area contributed by atoms with Gasteiger partial charge in [0.25, 0.3) is 0 Å². The fourth-order valence-corrected chi connectivity index (χ4v) is 3.73. The van der Waals surface area contributed by atoms with Gasteiger partial charge in [-0.2, -0.15) is 0 Å². The molecule has 0 saturated heterocycles. The SMILES string of the molecule is NC1CCCC(F)(C2CCCc3cccnc32)C1. The highest BCUT2D eigenvalue weighted by atomic mass is 19.1. The number of nitrogens with zero attached hydrogens (tertiary/aromatic N) is 1. The van der Waals surface area contributed by atoms with Gasteiger partial charge in [0, 0.05) is 23.9 Å². The van der Waals surface area contributed by atoms with Crippen molar-refractivity contribution in [3.8, 4) is 0 Å². The highest BCUT2D eigenvalue weighted by Gasteiger charge is 2.45. The molecule has 3 unspecified atom stereocenters. The monoisotopic (exact) mass is 248 g/mol. The first kappa shape index (κ1) is 12.1. The maximum atomic E-state index is 15.3. The van der Waals surface area contributed by atoms with E-state index in [4.69, 9.17) is 5.73 Å². The first-order valence-corrected chi connectivity index (χ1v) is 7.07. The van der Waals surface area contributed by atoms with Gasteiger partial charge in [0.05, 0.1) is 0 Å². The lowest BCUT2D eigenvalue weighted by atomic mass is 9.69. The van der Waals surface area contributed by atoms with Gasteiger partial charge >= 0.3 is 0 Å². The molecule has 2 nitrogen and oxygen atoms in total. The number of hydrogen-bond donors (Lipinski definition) is 1. The predicted molar refractivity (Wildman–Crippen MR) is 70.2 cm³/mol. The van der Waals surface area contributed by atoms with E-state index in [2.05, 4.69) is 11.1 Å². The molecular weight excluding hydrogens is 227 g/mol. The Balaban J connectivity index is 1.93. The molecule has 18 heavy (non-hydrogen) atoms. The Morgan fingerprint density at radius 2 is 2.22 bits per heavy atom. The van der Waals surface area contributed by atoms with Crippen LogP contribution in [0.2, 0.25) is 0 Å². The third-order valence-corrected chi connectivity index (χ3v) is 4.59. The van der Waals surface area contributed by atoms with Gasteiger partial charge in [-0.3, -0.25) is 4.98 Å². The average Bonchev–Trinajstić information content (AvgIpc) is 2.38. The van der Waals surface area contributed by atoms with E-state index >= 15 is 4.39 Å². The number of pyridine rings is 1. The maximum absolute atomic E-state index is 15.3. The zero-order valence-electron chi connectivity index (χ0n) is 10.7. The largest absolute Gasteiger partial charge is 0.328 e. The molecule has 0 amide bonds. The molecule has 0 bridgehead atoms. The summed E-state index contributed by atoms with van der Waals surface area (Å²) in [5.41, 5.74) is 7.09. The number of nitrogens with two attached hydrogens (primary N) is 1. The van der Waals surface area contributed by atoms with E-state index in [9.17, 15) is 0 Å². The van der Waals surface area contributed by atoms with Crippen molar-refractivity contribution in [2.45, 2.75) is 62.6 Å². The van der Waals surface area contributed by atoms with Crippen LogP contribution in [0.4, 0.5) is 4.39 Å². The van der Waals surface area contributed by atoms with Gasteiger partial charge in [0.1, 0.15) is 5.67 Å². The molecule has 98 valence electrons. The highest BCUT2D eigenvalue weighted by Crippen LogP contribution is 2.47. The third-order valence-electron chi connectivity index (χ3n) is 4.59. The highest BCUT2D eigenvalue weighted by molar-refractivity contribution is 5.29. The average molecular weight is 248 g/mol. The molecule has 0 spiro atoms. The molecule has 1 aromatic heterocycles. The number of alkyl halides is 1. The third kappa shape index (κ3) is 2.05. The number of hydrogen-bond acceptors (Lipinski definition) is 2. The van der Waals surface area contributed by atoms with Crippen molar-refractivity contribution < 1.29 is 4.39 Å². The Labute approximate surface area is 108 Å². The van der Waals surface area contributed by atoms with Crippen molar-refractivity contribution in [2.24, 2.45) is 5.73 Å². The fourth-order valence-electron chi connectivity index (χ4n) is 3.73. The van der Waals surface area contributed by atoms with Crippen LogP contribution in [0.15, 0.2) is 18.3 Å². The van der Waals surface area contributed by atoms with Crippen LogP contribution in [-0.2, 0) is 6.42 Å². The Bertz CT molecular complexity index is 434. The zero-order chi connectivity index (χ0) is 12.6. The molecule has 1 saturated carbocycles. The van der Waals surface area contributed by atoms with Crippen molar-refractivity contribution in [1.82, 2.24) is 4.98 Å². The molecule has 2 N–H and O–H groups in total.